The average Bonchev–Trinajstić information content (AvgIpc) is 3.11. The number of phosphoric ester groups is 1. The molecule has 0 aliphatic rings. The molecule has 0 aromatic heterocycles. The molecule has 0 aliphatic carbocycles. The molecule has 0 rings (SSSR count). The van der Waals surface area contributed by atoms with Crippen LogP contribution in [0, 0.1) is 0 Å². The largest absolute Gasteiger partial charge is 0.469 e. The molecule has 52 heavy (non-hydrogen) atoms. The van der Waals surface area contributed by atoms with Crippen molar-refractivity contribution in [2.24, 2.45) is 0 Å². The third kappa shape index (κ3) is 40.8. The number of esters is 2. The van der Waals surface area contributed by atoms with Gasteiger partial charge in [0.2, 0.25) is 0 Å². The fourth-order valence-electron chi connectivity index (χ4n) is 5.72. The van der Waals surface area contributed by atoms with Crippen molar-refractivity contribution in [2.45, 2.75) is 200 Å². The Balaban J connectivity index is 3.96. The SMILES string of the molecule is CCC/C=C/C/C=C/C/C=C/C/C=C/CCCCCC(=O)OC[C@H](COP(=O)(O)O)OC(=O)CCCCCCCCCCCCCCCCCCC. The van der Waals surface area contributed by atoms with E-state index in [1.807, 2.05) is 0 Å². The van der Waals surface area contributed by atoms with Crippen molar-refractivity contribution in [1.29, 1.82) is 0 Å². The van der Waals surface area contributed by atoms with Gasteiger partial charge in [-0.1, -0.05) is 178 Å². The van der Waals surface area contributed by atoms with Crippen molar-refractivity contribution in [3.8, 4) is 0 Å². The maximum absolute atomic E-state index is 12.4. The maximum atomic E-state index is 12.4. The first-order valence-corrected chi connectivity index (χ1v) is 22.5. The molecule has 0 unspecified atom stereocenters. The number of unbranched alkanes of at least 4 members (excludes halogenated alkanes) is 20. The van der Waals surface area contributed by atoms with E-state index in [2.05, 4.69) is 67.0 Å². The van der Waals surface area contributed by atoms with Gasteiger partial charge in [-0.05, 0) is 51.4 Å². The normalized spacial score (nSPS) is 12.9. The van der Waals surface area contributed by atoms with Crippen LogP contribution in [-0.4, -0.2) is 41.0 Å². The van der Waals surface area contributed by atoms with Crippen molar-refractivity contribution in [1.82, 2.24) is 0 Å². The fourth-order valence-corrected chi connectivity index (χ4v) is 6.08. The summed E-state index contributed by atoms with van der Waals surface area (Å²) in [5, 5.41) is 0. The summed E-state index contributed by atoms with van der Waals surface area (Å²) in [6.07, 6.45) is 46.9. The van der Waals surface area contributed by atoms with Gasteiger partial charge in [-0.2, -0.15) is 0 Å². The molecule has 0 amide bonds. The maximum Gasteiger partial charge on any atom is 0.469 e. The molecule has 0 spiro atoms. The van der Waals surface area contributed by atoms with E-state index < -0.39 is 32.5 Å². The van der Waals surface area contributed by atoms with Gasteiger partial charge in [0.15, 0.2) is 6.10 Å². The Bertz CT molecular complexity index is 984. The summed E-state index contributed by atoms with van der Waals surface area (Å²) in [7, 11) is -4.76. The second kappa shape index (κ2) is 38.7. The fraction of sp³-hybridized carbons (Fsp3) is 0.767. The number of ether oxygens (including phenoxy) is 2. The lowest BCUT2D eigenvalue weighted by Gasteiger charge is -2.18. The zero-order valence-corrected chi connectivity index (χ0v) is 34.1. The second-order valence-corrected chi connectivity index (χ2v) is 15.2. The first-order chi connectivity index (χ1) is 25.3. The zero-order valence-electron chi connectivity index (χ0n) is 33.2. The highest BCUT2D eigenvalue weighted by Crippen LogP contribution is 2.36. The van der Waals surface area contributed by atoms with Crippen LogP contribution in [0.25, 0.3) is 0 Å². The number of hydrogen-bond donors (Lipinski definition) is 2. The lowest BCUT2D eigenvalue weighted by molar-refractivity contribution is -0.161. The molecule has 0 saturated carbocycles. The lowest BCUT2D eigenvalue weighted by Crippen LogP contribution is -2.29. The van der Waals surface area contributed by atoms with E-state index in [-0.39, 0.29) is 19.4 Å². The monoisotopic (exact) mass is 753 g/mol. The second-order valence-electron chi connectivity index (χ2n) is 14.0. The van der Waals surface area contributed by atoms with Crippen LogP contribution >= 0.6 is 7.82 Å². The first-order valence-electron chi connectivity index (χ1n) is 20.9. The standard InChI is InChI=1S/C43H77O8P/c1-3-5-7-9-11-13-15-17-19-21-23-25-27-29-31-33-35-37-42(44)49-39-41(40-50-52(46,47)48)51-43(45)38-36-34-32-30-28-26-24-22-20-18-16-14-12-10-8-6-4-2/h7,9,13,15,19,21,25,27,41H,3-6,8,10-12,14,16-18,20,22-24,26,28-40H2,1-2H3,(H2,46,47,48)/b9-7+,15-13+,21-19+,27-25+/t41-/m1/s1. The van der Waals surface area contributed by atoms with Gasteiger partial charge in [-0.15, -0.1) is 0 Å². The van der Waals surface area contributed by atoms with E-state index in [1.165, 1.54) is 89.9 Å². The van der Waals surface area contributed by atoms with Crippen molar-refractivity contribution < 1.29 is 37.9 Å². The Morgan fingerprint density at radius 3 is 1.37 bits per heavy atom. The Labute approximate surface area is 318 Å². The summed E-state index contributed by atoms with van der Waals surface area (Å²) >= 11 is 0. The van der Waals surface area contributed by atoms with E-state index in [0.29, 0.717) is 12.8 Å². The average molecular weight is 753 g/mol. The molecule has 0 aromatic rings. The van der Waals surface area contributed by atoms with E-state index in [9.17, 15) is 14.2 Å². The number of allylic oxidation sites excluding steroid dienone is 8. The zero-order chi connectivity index (χ0) is 38.2. The van der Waals surface area contributed by atoms with Gasteiger partial charge in [0.25, 0.3) is 0 Å². The Hall–Kier alpha value is -1.99. The van der Waals surface area contributed by atoms with Crippen LogP contribution in [0.15, 0.2) is 48.6 Å². The summed E-state index contributed by atoms with van der Waals surface area (Å²) in [5.41, 5.74) is 0. The van der Waals surface area contributed by atoms with Gasteiger partial charge in [0, 0.05) is 12.8 Å². The molecular formula is C43H77O8P. The van der Waals surface area contributed by atoms with Crippen molar-refractivity contribution in [3.63, 3.8) is 0 Å². The number of rotatable bonds is 38. The van der Waals surface area contributed by atoms with E-state index in [4.69, 9.17) is 19.3 Å². The molecule has 0 saturated heterocycles. The molecule has 0 fully saturated rings. The number of carbonyl (C=O) groups excluding carboxylic acids is 2. The van der Waals surface area contributed by atoms with Crippen LogP contribution in [0.5, 0.6) is 0 Å². The summed E-state index contributed by atoms with van der Waals surface area (Å²) in [6.45, 7) is 3.60. The topological polar surface area (TPSA) is 119 Å². The van der Waals surface area contributed by atoms with E-state index in [1.54, 1.807) is 0 Å². The Kier molecular flexibility index (Phi) is 37.2. The van der Waals surface area contributed by atoms with Gasteiger partial charge in [-0.3, -0.25) is 14.1 Å². The summed E-state index contributed by atoms with van der Waals surface area (Å²) in [5.74, 6) is -0.917. The molecule has 302 valence electrons. The number of hydrogen-bond acceptors (Lipinski definition) is 6. The Morgan fingerprint density at radius 2 is 0.904 bits per heavy atom. The van der Waals surface area contributed by atoms with E-state index in [0.717, 1.165) is 64.2 Å². The quantitative estimate of drug-likeness (QED) is 0.0277. The highest BCUT2D eigenvalue weighted by Gasteiger charge is 2.22. The van der Waals surface area contributed by atoms with E-state index >= 15 is 0 Å². The minimum Gasteiger partial charge on any atom is -0.462 e. The summed E-state index contributed by atoms with van der Waals surface area (Å²) < 4.78 is 26.4. The Morgan fingerprint density at radius 1 is 0.500 bits per heavy atom. The van der Waals surface area contributed by atoms with Gasteiger partial charge in [-0.25, -0.2) is 4.57 Å². The van der Waals surface area contributed by atoms with Crippen LogP contribution in [0.3, 0.4) is 0 Å². The van der Waals surface area contributed by atoms with Crippen LogP contribution in [-0.2, 0) is 28.2 Å². The number of carbonyl (C=O) groups is 2. The van der Waals surface area contributed by atoms with Gasteiger partial charge in [0.05, 0.1) is 6.61 Å². The lowest BCUT2D eigenvalue weighted by atomic mass is 10.0. The minimum atomic E-state index is -4.76. The molecule has 9 heteroatoms. The third-order valence-corrected chi connectivity index (χ3v) is 9.32. The van der Waals surface area contributed by atoms with Gasteiger partial charge >= 0.3 is 19.8 Å². The summed E-state index contributed by atoms with van der Waals surface area (Å²) in [4.78, 5) is 42.8. The molecule has 0 radical (unpaired) electrons. The van der Waals surface area contributed by atoms with Gasteiger partial charge < -0.3 is 19.3 Å². The minimum absolute atomic E-state index is 0.207. The molecule has 0 bridgehead atoms. The van der Waals surface area contributed by atoms with Crippen molar-refractivity contribution in [2.75, 3.05) is 13.2 Å². The summed E-state index contributed by atoms with van der Waals surface area (Å²) in [6, 6.07) is 0. The molecular weight excluding hydrogens is 675 g/mol. The van der Waals surface area contributed by atoms with Crippen LogP contribution in [0.1, 0.15) is 194 Å². The predicted octanol–water partition coefficient (Wildman–Crippen LogP) is 12.7. The third-order valence-electron chi connectivity index (χ3n) is 8.83. The molecule has 0 heterocycles. The highest BCUT2D eigenvalue weighted by atomic mass is 31.2. The molecule has 2 N–H and O–H groups in total. The van der Waals surface area contributed by atoms with Crippen molar-refractivity contribution in [3.05, 3.63) is 48.6 Å². The molecule has 8 nitrogen and oxygen atoms in total. The van der Waals surface area contributed by atoms with Crippen LogP contribution < -0.4 is 0 Å². The molecule has 0 aliphatic heterocycles. The molecule has 0 aromatic carbocycles. The predicted molar refractivity (Wildman–Crippen MR) is 216 cm³/mol. The van der Waals surface area contributed by atoms with Crippen molar-refractivity contribution >= 4 is 19.8 Å². The first kappa shape index (κ1) is 50.0. The van der Waals surface area contributed by atoms with Gasteiger partial charge in [0.1, 0.15) is 6.61 Å². The van der Waals surface area contributed by atoms with Crippen LogP contribution in [0.4, 0.5) is 0 Å². The highest BCUT2D eigenvalue weighted by molar-refractivity contribution is 7.46. The smallest absolute Gasteiger partial charge is 0.462 e. The van der Waals surface area contributed by atoms with Crippen LogP contribution in [0.2, 0.25) is 0 Å². The number of phosphoric acid groups is 1. The molecule has 1 atom stereocenters.